The summed E-state index contributed by atoms with van der Waals surface area (Å²) in [5.74, 6) is -0.143. The van der Waals surface area contributed by atoms with Gasteiger partial charge in [-0.25, -0.2) is 0 Å². The standard InChI is InChI=1S/C11H12N2O3/c1-13-7-8(4-5-10(14)15)11(12-13)9-3-2-6-16-9/h2-3,6-7H,4-5H2,1H3,(H,14,15). The van der Waals surface area contributed by atoms with E-state index in [1.165, 1.54) is 0 Å². The van der Waals surface area contributed by atoms with Gasteiger partial charge in [0.15, 0.2) is 5.76 Å². The van der Waals surface area contributed by atoms with Gasteiger partial charge < -0.3 is 9.52 Å². The maximum absolute atomic E-state index is 10.5. The van der Waals surface area contributed by atoms with E-state index in [1.54, 1.807) is 24.1 Å². The van der Waals surface area contributed by atoms with Gasteiger partial charge in [-0.2, -0.15) is 5.10 Å². The molecule has 2 heterocycles. The Hall–Kier alpha value is -2.04. The van der Waals surface area contributed by atoms with Gasteiger partial charge in [0.1, 0.15) is 5.69 Å². The van der Waals surface area contributed by atoms with E-state index in [1.807, 2.05) is 12.3 Å². The van der Waals surface area contributed by atoms with Crippen molar-refractivity contribution >= 4 is 5.97 Å². The summed E-state index contributed by atoms with van der Waals surface area (Å²) in [4.78, 5) is 10.5. The van der Waals surface area contributed by atoms with Crippen molar-refractivity contribution in [2.24, 2.45) is 7.05 Å². The van der Waals surface area contributed by atoms with Crippen LogP contribution in [0.15, 0.2) is 29.0 Å². The molecule has 0 atom stereocenters. The van der Waals surface area contributed by atoms with E-state index >= 15 is 0 Å². The molecule has 0 aliphatic carbocycles. The van der Waals surface area contributed by atoms with Crippen LogP contribution in [-0.2, 0) is 18.3 Å². The lowest BCUT2D eigenvalue weighted by Gasteiger charge is -1.96. The smallest absolute Gasteiger partial charge is 0.303 e. The van der Waals surface area contributed by atoms with Crippen molar-refractivity contribution in [2.45, 2.75) is 12.8 Å². The number of furan rings is 1. The fraction of sp³-hybridized carbons (Fsp3) is 0.273. The zero-order valence-electron chi connectivity index (χ0n) is 8.88. The summed E-state index contributed by atoms with van der Waals surface area (Å²) in [6, 6.07) is 3.59. The first-order chi connectivity index (χ1) is 7.66. The Balaban J connectivity index is 2.27. The highest BCUT2D eigenvalue weighted by Crippen LogP contribution is 2.23. The zero-order chi connectivity index (χ0) is 11.5. The Bertz CT molecular complexity index is 485. The van der Waals surface area contributed by atoms with Crippen LogP contribution in [0.2, 0.25) is 0 Å². The fourth-order valence-electron chi connectivity index (χ4n) is 1.58. The van der Waals surface area contributed by atoms with Crippen molar-refractivity contribution in [3.05, 3.63) is 30.2 Å². The predicted octanol–water partition coefficient (Wildman–Crippen LogP) is 1.70. The molecule has 0 fully saturated rings. The number of carbonyl (C=O) groups is 1. The van der Waals surface area contributed by atoms with Gasteiger partial charge in [0, 0.05) is 25.2 Å². The predicted molar refractivity (Wildman–Crippen MR) is 56.9 cm³/mol. The van der Waals surface area contributed by atoms with Crippen LogP contribution in [0.5, 0.6) is 0 Å². The van der Waals surface area contributed by atoms with Gasteiger partial charge in [0.05, 0.1) is 6.26 Å². The average Bonchev–Trinajstić information content (AvgIpc) is 2.82. The molecule has 16 heavy (non-hydrogen) atoms. The number of carboxylic acids is 1. The van der Waals surface area contributed by atoms with E-state index in [0.717, 1.165) is 5.56 Å². The van der Waals surface area contributed by atoms with Crippen LogP contribution in [0.3, 0.4) is 0 Å². The molecule has 0 aliphatic heterocycles. The van der Waals surface area contributed by atoms with E-state index in [0.29, 0.717) is 17.9 Å². The van der Waals surface area contributed by atoms with Crippen LogP contribution in [0, 0.1) is 0 Å². The van der Waals surface area contributed by atoms with Gasteiger partial charge in [0.2, 0.25) is 0 Å². The second-order valence-electron chi connectivity index (χ2n) is 3.55. The quantitative estimate of drug-likeness (QED) is 0.851. The third kappa shape index (κ3) is 2.13. The molecule has 0 aliphatic rings. The molecule has 1 N–H and O–H groups in total. The van der Waals surface area contributed by atoms with Crippen LogP contribution < -0.4 is 0 Å². The molecule has 5 nitrogen and oxygen atoms in total. The highest BCUT2D eigenvalue weighted by atomic mass is 16.4. The topological polar surface area (TPSA) is 68.3 Å². The fourth-order valence-corrected chi connectivity index (χ4v) is 1.58. The van der Waals surface area contributed by atoms with E-state index in [-0.39, 0.29) is 6.42 Å². The maximum Gasteiger partial charge on any atom is 0.303 e. The summed E-state index contributed by atoms with van der Waals surface area (Å²) < 4.78 is 6.92. The largest absolute Gasteiger partial charge is 0.481 e. The number of nitrogens with zero attached hydrogens (tertiary/aromatic N) is 2. The van der Waals surface area contributed by atoms with Crippen molar-refractivity contribution in [1.82, 2.24) is 9.78 Å². The molecule has 0 aromatic carbocycles. The molecule has 0 bridgehead atoms. The number of hydrogen-bond donors (Lipinski definition) is 1. The molecule has 0 saturated heterocycles. The van der Waals surface area contributed by atoms with Gasteiger partial charge in [-0.15, -0.1) is 0 Å². The van der Waals surface area contributed by atoms with Crippen molar-refractivity contribution in [3.63, 3.8) is 0 Å². The molecule has 2 aromatic rings. The van der Waals surface area contributed by atoms with E-state index in [9.17, 15) is 4.79 Å². The van der Waals surface area contributed by atoms with Gasteiger partial charge in [-0.3, -0.25) is 9.48 Å². The Kier molecular flexibility index (Phi) is 2.76. The molecular formula is C11H12N2O3. The molecule has 0 unspecified atom stereocenters. The van der Waals surface area contributed by atoms with Crippen LogP contribution in [-0.4, -0.2) is 20.9 Å². The van der Waals surface area contributed by atoms with Crippen LogP contribution in [0.25, 0.3) is 11.5 Å². The lowest BCUT2D eigenvalue weighted by molar-refractivity contribution is -0.136. The Labute approximate surface area is 92.3 Å². The van der Waals surface area contributed by atoms with E-state index in [2.05, 4.69) is 5.10 Å². The number of aryl methyl sites for hydroxylation is 2. The summed E-state index contributed by atoms with van der Waals surface area (Å²) in [6.07, 6.45) is 3.95. The molecule has 0 spiro atoms. The van der Waals surface area contributed by atoms with Crippen molar-refractivity contribution < 1.29 is 14.3 Å². The minimum absolute atomic E-state index is 0.0966. The number of hydrogen-bond acceptors (Lipinski definition) is 3. The first-order valence-corrected chi connectivity index (χ1v) is 4.95. The lowest BCUT2D eigenvalue weighted by atomic mass is 10.1. The van der Waals surface area contributed by atoms with Crippen molar-refractivity contribution in [1.29, 1.82) is 0 Å². The zero-order valence-corrected chi connectivity index (χ0v) is 8.88. The molecule has 84 valence electrons. The van der Waals surface area contributed by atoms with Crippen LogP contribution in [0.4, 0.5) is 0 Å². The Morgan fingerprint density at radius 3 is 3.06 bits per heavy atom. The molecule has 2 rings (SSSR count). The monoisotopic (exact) mass is 220 g/mol. The van der Waals surface area contributed by atoms with Gasteiger partial charge in [0.25, 0.3) is 0 Å². The second-order valence-corrected chi connectivity index (χ2v) is 3.55. The SMILES string of the molecule is Cn1cc(CCC(=O)O)c(-c2ccco2)n1. The van der Waals surface area contributed by atoms with Gasteiger partial charge >= 0.3 is 5.97 Å². The number of aliphatic carboxylic acids is 1. The minimum atomic E-state index is -0.811. The normalized spacial score (nSPS) is 10.6. The third-order valence-electron chi connectivity index (χ3n) is 2.27. The van der Waals surface area contributed by atoms with Gasteiger partial charge in [-0.1, -0.05) is 0 Å². The summed E-state index contributed by atoms with van der Waals surface area (Å²) in [6.45, 7) is 0. The second kappa shape index (κ2) is 4.22. The average molecular weight is 220 g/mol. The summed E-state index contributed by atoms with van der Waals surface area (Å²) in [5, 5.41) is 12.9. The van der Waals surface area contributed by atoms with Crippen molar-refractivity contribution in [3.8, 4) is 11.5 Å². The van der Waals surface area contributed by atoms with Gasteiger partial charge in [-0.05, 0) is 18.6 Å². The molecule has 0 saturated carbocycles. The Morgan fingerprint density at radius 2 is 2.44 bits per heavy atom. The first kappa shape index (κ1) is 10.5. The molecular weight excluding hydrogens is 208 g/mol. The summed E-state index contributed by atoms with van der Waals surface area (Å²) in [5.41, 5.74) is 1.61. The minimum Gasteiger partial charge on any atom is -0.481 e. The van der Waals surface area contributed by atoms with E-state index < -0.39 is 5.97 Å². The third-order valence-corrected chi connectivity index (χ3v) is 2.27. The number of carboxylic acid groups (broad SMARTS) is 1. The molecule has 0 radical (unpaired) electrons. The highest BCUT2D eigenvalue weighted by Gasteiger charge is 2.13. The maximum atomic E-state index is 10.5. The lowest BCUT2D eigenvalue weighted by Crippen LogP contribution is -1.97. The molecule has 2 aromatic heterocycles. The first-order valence-electron chi connectivity index (χ1n) is 4.95. The van der Waals surface area contributed by atoms with Crippen molar-refractivity contribution in [2.75, 3.05) is 0 Å². The Morgan fingerprint density at radius 1 is 1.62 bits per heavy atom. The molecule has 0 amide bonds. The molecule has 5 heteroatoms. The summed E-state index contributed by atoms with van der Waals surface area (Å²) in [7, 11) is 1.80. The number of rotatable bonds is 4. The summed E-state index contributed by atoms with van der Waals surface area (Å²) >= 11 is 0. The van der Waals surface area contributed by atoms with Crippen LogP contribution in [0.1, 0.15) is 12.0 Å². The van der Waals surface area contributed by atoms with E-state index in [4.69, 9.17) is 9.52 Å². The highest BCUT2D eigenvalue weighted by molar-refractivity contribution is 5.68. The number of aromatic nitrogens is 2. The van der Waals surface area contributed by atoms with Crippen LogP contribution >= 0.6 is 0 Å².